The third-order valence-electron chi connectivity index (χ3n) is 5.34. The zero-order chi connectivity index (χ0) is 18.8. The smallest absolute Gasteiger partial charge is 0.257 e. The lowest BCUT2D eigenvalue weighted by Gasteiger charge is -2.36. The molecule has 1 aromatic carbocycles. The van der Waals surface area contributed by atoms with Crippen LogP contribution in [0, 0.1) is 12.7 Å². The van der Waals surface area contributed by atoms with Gasteiger partial charge in [0, 0.05) is 51.2 Å². The summed E-state index contributed by atoms with van der Waals surface area (Å²) in [6.07, 6.45) is 4.01. The predicted octanol–water partition coefficient (Wildman–Crippen LogP) is 2.49. The van der Waals surface area contributed by atoms with E-state index in [0.29, 0.717) is 18.7 Å². The normalized spacial score (nSPS) is 17.5. The quantitative estimate of drug-likeness (QED) is 0.832. The van der Waals surface area contributed by atoms with Crippen molar-refractivity contribution in [3.63, 3.8) is 0 Å². The van der Waals surface area contributed by atoms with E-state index in [-0.39, 0.29) is 11.7 Å². The minimum Gasteiger partial charge on any atom is -0.368 e. The highest BCUT2D eigenvalue weighted by atomic mass is 19.1. The van der Waals surface area contributed by atoms with Crippen LogP contribution in [0.2, 0.25) is 0 Å². The first kappa shape index (κ1) is 17.7. The third kappa shape index (κ3) is 3.72. The molecule has 2 saturated heterocycles. The molecule has 0 atom stereocenters. The first-order valence-corrected chi connectivity index (χ1v) is 9.50. The Hall–Kier alpha value is -2.70. The average Bonchev–Trinajstić information content (AvgIpc) is 3.23. The van der Waals surface area contributed by atoms with Crippen molar-refractivity contribution in [2.75, 3.05) is 49.1 Å². The first-order valence-electron chi connectivity index (χ1n) is 9.50. The summed E-state index contributed by atoms with van der Waals surface area (Å²) in [6, 6.07) is 6.49. The van der Waals surface area contributed by atoms with Gasteiger partial charge in [-0.2, -0.15) is 0 Å². The Kier molecular flexibility index (Phi) is 4.92. The van der Waals surface area contributed by atoms with Crippen LogP contribution in [0.25, 0.3) is 0 Å². The van der Waals surface area contributed by atoms with E-state index in [1.807, 2.05) is 11.8 Å². The van der Waals surface area contributed by atoms with Gasteiger partial charge in [-0.1, -0.05) is 0 Å². The number of aromatic nitrogens is 2. The van der Waals surface area contributed by atoms with Crippen LogP contribution < -0.4 is 9.80 Å². The number of carbonyl (C=O) groups excluding carboxylic acids is 1. The van der Waals surface area contributed by atoms with Crippen molar-refractivity contribution in [1.29, 1.82) is 0 Å². The fourth-order valence-corrected chi connectivity index (χ4v) is 3.72. The van der Waals surface area contributed by atoms with E-state index in [1.165, 1.54) is 25.0 Å². The standard InChI is InChI=1S/C20H24FN5O/c1-15-18(14-22-20(23-15)26-8-2-3-9-26)19(27)25-12-10-24(11-13-25)17-6-4-16(21)5-7-17/h4-7,14H,2-3,8-13H2,1H3. The number of benzene rings is 1. The van der Waals surface area contributed by atoms with Gasteiger partial charge >= 0.3 is 0 Å². The van der Waals surface area contributed by atoms with E-state index in [2.05, 4.69) is 19.8 Å². The molecule has 2 aliphatic rings. The zero-order valence-electron chi connectivity index (χ0n) is 15.6. The highest BCUT2D eigenvalue weighted by Gasteiger charge is 2.25. The molecule has 7 heteroatoms. The molecule has 0 spiro atoms. The van der Waals surface area contributed by atoms with Crippen molar-refractivity contribution in [2.24, 2.45) is 0 Å². The molecule has 27 heavy (non-hydrogen) atoms. The first-order chi connectivity index (χ1) is 13.1. The Morgan fingerprint density at radius 1 is 0.963 bits per heavy atom. The van der Waals surface area contributed by atoms with Crippen LogP contribution in [0.4, 0.5) is 16.0 Å². The molecule has 1 amide bonds. The molecule has 0 N–H and O–H groups in total. The monoisotopic (exact) mass is 369 g/mol. The number of hydrogen-bond donors (Lipinski definition) is 0. The lowest BCUT2D eigenvalue weighted by molar-refractivity contribution is 0.0745. The van der Waals surface area contributed by atoms with E-state index >= 15 is 0 Å². The van der Waals surface area contributed by atoms with Gasteiger partial charge < -0.3 is 14.7 Å². The summed E-state index contributed by atoms with van der Waals surface area (Å²) >= 11 is 0. The van der Waals surface area contributed by atoms with Crippen LogP contribution in [0.1, 0.15) is 28.9 Å². The van der Waals surface area contributed by atoms with Crippen molar-refractivity contribution in [3.8, 4) is 0 Å². The van der Waals surface area contributed by atoms with Gasteiger partial charge in [-0.25, -0.2) is 14.4 Å². The van der Waals surface area contributed by atoms with Gasteiger partial charge in [0.05, 0.1) is 11.3 Å². The highest BCUT2D eigenvalue weighted by molar-refractivity contribution is 5.95. The van der Waals surface area contributed by atoms with E-state index in [9.17, 15) is 9.18 Å². The van der Waals surface area contributed by atoms with Crippen molar-refractivity contribution in [3.05, 3.63) is 47.5 Å². The SMILES string of the molecule is Cc1nc(N2CCCC2)ncc1C(=O)N1CCN(c2ccc(F)cc2)CC1. The molecule has 1 aromatic heterocycles. The van der Waals surface area contributed by atoms with Crippen molar-refractivity contribution < 1.29 is 9.18 Å². The summed E-state index contributed by atoms with van der Waals surface area (Å²) < 4.78 is 13.1. The predicted molar refractivity (Wildman–Crippen MR) is 103 cm³/mol. The van der Waals surface area contributed by atoms with Gasteiger partial charge in [0.2, 0.25) is 5.95 Å². The van der Waals surface area contributed by atoms with Crippen LogP contribution in [0.3, 0.4) is 0 Å². The highest BCUT2D eigenvalue weighted by Crippen LogP contribution is 2.20. The lowest BCUT2D eigenvalue weighted by atomic mass is 10.2. The van der Waals surface area contributed by atoms with Crippen molar-refractivity contribution >= 4 is 17.5 Å². The summed E-state index contributed by atoms with van der Waals surface area (Å²) in [6.45, 7) is 6.55. The fraction of sp³-hybridized carbons (Fsp3) is 0.450. The van der Waals surface area contributed by atoms with Gasteiger partial charge in [-0.05, 0) is 44.0 Å². The Balaban J connectivity index is 1.41. The topological polar surface area (TPSA) is 52.6 Å². The molecule has 0 aliphatic carbocycles. The summed E-state index contributed by atoms with van der Waals surface area (Å²) in [5, 5.41) is 0. The van der Waals surface area contributed by atoms with Crippen LogP contribution in [-0.2, 0) is 0 Å². The maximum absolute atomic E-state index is 13.1. The molecule has 3 heterocycles. The maximum atomic E-state index is 13.1. The maximum Gasteiger partial charge on any atom is 0.257 e. The molecule has 6 nitrogen and oxygen atoms in total. The van der Waals surface area contributed by atoms with Gasteiger partial charge in [0.15, 0.2) is 0 Å². The van der Waals surface area contributed by atoms with Gasteiger partial charge in [0.25, 0.3) is 5.91 Å². The van der Waals surface area contributed by atoms with Crippen molar-refractivity contribution in [1.82, 2.24) is 14.9 Å². The number of rotatable bonds is 3. The molecule has 142 valence electrons. The van der Waals surface area contributed by atoms with Gasteiger partial charge in [-0.15, -0.1) is 0 Å². The summed E-state index contributed by atoms with van der Waals surface area (Å²) in [7, 11) is 0. The minimum absolute atomic E-state index is 0.0146. The Morgan fingerprint density at radius 2 is 1.63 bits per heavy atom. The second kappa shape index (κ2) is 7.50. The number of piperazine rings is 1. The lowest BCUT2D eigenvalue weighted by Crippen LogP contribution is -2.49. The molecule has 0 saturated carbocycles. The molecule has 0 unspecified atom stereocenters. The van der Waals surface area contributed by atoms with E-state index in [1.54, 1.807) is 18.3 Å². The Labute approximate surface area is 158 Å². The van der Waals surface area contributed by atoms with Gasteiger partial charge in [-0.3, -0.25) is 4.79 Å². The Bertz CT molecular complexity index is 812. The van der Waals surface area contributed by atoms with E-state index in [4.69, 9.17) is 0 Å². The molecular formula is C20H24FN5O. The van der Waals surface area contributed by atoms with Crippen LogP contribution in [-0.4, -0.2) is 60.0 Å². The summed E-state index contributed by atoms with van der Waals surface area (Å²) in [4.78, 5) is 28.1. The zero-order valence-corrected chi connectivity index (χ0v) is 15.6. The minimum atomic E-state index is -0.236. The number of nitrogens with zero attached hydrogens (tertiary/aromatic N) is 5. The molecule has 2 fully saturated rings. The van der Waals surface area contributed by atoms with Gasteiger partial charge in [0.1, 0.15) is 5.82 Å². The van der Waals surface area contributed by atoms with Crippen LogP contribution in [0.5, 0.6) is 0 Å². The molecule has 0 radical (unpaired) electrons. The Morgan fingerprint density at radius 3 is 2.26 bits per heavy atom. The molecule has 2 aromatic rings. The van der Waals surface area contributed by atoms with Crippen LogP contribution in [0.15, 0.2) is 30.5 Å². The van der Waals surface area contributed by atoms with Crippen LogP contribution >= 0.6 is 0 Å². The molecule has 0 bridgehead atoms. The van der Waals surface area contributed by atoms with E-state index in [0.717, 1.165) is 43.5 Å². The number of carbonyl (C=O) groups is 1. The second-order valence-corrected chi connectivity index (χ2v) is 7.12. The second-order valence-electron chi connectivity index (χ2n) is 7.12. The average molecular weight is 369 g/mol. The molecular weight excluding hydrogens is 345 g/mol. The molecule has 2 aliphatic heterocycles. The third-order valence-corrected chi connectivity index (χ3v) is 5.34. The fourth-order valence-electron chi connectivity index (χ4n) is 3.72. The number of anilines is 2. The molecule has 4 rings (SSSR count). The van der Waals surface area contributed by atoms with E-state index < -0.39 is 0 Å². The summed E-state index contributed by atoms with van der Waals surface area (Å²) in [5.74, 6) is 0.474. The number of hydrogen-bond acceptors (Lipinski definition) is 5. The number of amides is 1. The number of aryl methyl sites for hydroxylation is 1. The summed E-state index contributed by atoms with van der Waals surface area (Å²) in [5.41, 5.74) is 2.30. The largest absolute Gasteiger partial charge is 0.368 e. The van der Waals surface area contributed by atoms with Crippen molar-refractivity contribution in [2.45, 2.75) is 19.8 Å². The number of halogens is 1.